The van der Waals surface area contributed by atoms with Crippen LogP contribution in [-0.2, 0) is 13.1 Å². The Morgan fingerprint density at radius 1 is 1.25 bits per heavy atom. The Bertz CT molecular complexity index is 970. The predicted octanol–water partition coefficient (Wildman–Crippen LogP) is 2.41. The van der Waals surface area contributed by atoms with Gasteiger partial charge in [0.15, 0.2) is 0 Å². The van der Waals surface area contributed by atoms with Gasteiger partial charge in [-0.15, -0.1) is 17.8 Å². The van der Waals surface area contributed by atoms with E-state index in [-0.39, 0.29) is 24.7 Å². The number of hydrogen-bond donors (Lipinski definition) is 2. The predicted molar refractivity (Wildman–Crippen MR) is 95.0 cm³/mol. The molecule has 0 bridgehead atoms. The summed E-state index contributed by atoms with van der Waals surface area (Å²) in [6, 6.07) is 10.5. The second kappa shape index (κ2) is 6.98. The second-order valence-corrected chi connectivity index (χ2v) is 5.89. The minimum Gasteiger partial charge on any atom is -0.332 e. The van der Waals surface area contributed by atoms with Crippen LogP contribution in [0.15, 0.2) is 46.6 Å². The van der Waals surface area contributed by atoms with Crippen molar-refractivity contribution in [3.05, 3.63) is 57.8 Å². The Kier molecular flexibility index (Phi) is 4.59. The lowest BCUT2D eigenvalue weighted by atomic mass is 10.1. The fourth-order valence-corrected chi connectivity index (χ4v) is 2.91. The van der Waals surface area contributed by atoms with Gasteiger partial charge in [-0.3, -0.25) is 10.1 Å². The van der Waals surface area contributed by atoms with Crippen molar-refractivity contribution in [2.45, 2.75) is 13.1 Å². The van der Waals surface area contributed by atoms with Crippen LogP contribution in [0.1, 0.15) is 5.69 Å². The van der Waals surface area contributed by atoms with E-state index in [2.05, 4.69) is 21.7 Å². The molecule has 2 aromatic heterocycles. The smallest absolute Gasteiger partial charge is 0.320 e. The molecule has 0 radical (unpaired) electrons. The number of urea groups is 1. The first-order chi connectivity index (χ1) is 11.7. The molecule has 1 aromatic carbocycles. The van der Waals surface area contributed by atoms with E-state index in [1.165, 1.54) is 16.0 Å². The molecule has 0 atom stereocenters. The molecule has 0 aliphatic heterocycles. The van der Waals surface area contributed by atoms with Crippen molar-refractivity contribution < 1.29 is 4.79 Å². The van der Waals surface area contributed by atoms with Gasteiger partial charge in [-0.1, -0.05) is 24.1 Å². The van der Waals surface area contributed by atoms with Crippen molar-refractivity contribution >= 4 is 33.1 Å². The zero-order chi connectivity index (χ0) is 16.9. The molecule has 0 saturated carbocycles. The van der Waals surface area contributed by atoms with E-state index < -0.39 is 0 Å². The van der Waals surface area contributed by atoms with Crippen molar-refractivity contribution in [3.8, 4) is 12.3 Å². The summed E-state index contributed by atoms with van der Waals surface area (Å²) in [5, 5.41) is 13.6. The van der Waals surface area contributed by atoms with E-state index in [1.807, 2.05) is 23.6 Å². The third-order valence-corrected chi connectivity index (χ3v) is 4.14. The van der Waals surface area contributed by atoms with E-state index in [4.69, 9.17) is 6.42 Å². The van der Waals surface area contributed by atoms with Crippen LogP contribution >= 0.6 is 11.3 Å². The lowest BCUT2D eigenvalue weighted by Gasteiger charge is -2.10. The van der Waals surface area contributed by atoms with Gasteiger partial charge in [-0.25, -0.2) is 9.48 Å². The number of carbonyl (C=O) groups excluding carboxylic acids is 1. The normalized spacial score (nSPS) is 10.3. The first kappa shape index (κ1) is 15.8. The summed E-state index contributed by atoms with van der Waals surface area (Å²) in [6.07, 6.45) is 5.29. The quantitative estimate of drug-likeness (QED) is 0.717. The summed E-state index contributed by atoms with van der Waals surface area (Å²) in [4.78, 5) is 24.3. The van der Waals surface area contributed by atoms with Crippen LogP contribution < -0.4 is 16.2 Å². The maximum Gasteiger partial charge on any atom is 0.320 e. The minimum atomic E-state index is -0.335. The SMILES string of the molecule is C#CCn1nc(CNC(=O)Nc2cccs2)c2ccccc2c1=O. The van der Waals surface area contributed by atoms with Gasteiger partial charge < -0.3 is 5.32 Å². The molecule has 2 amide bonds. The van der Waals surface area contributed by atoms with Crippen LogP contribution in [-0.4, -0.2) is 15.8 Å². The lowest BCUT2D eigenvalue weighted by Crippen LogP contribution is -2.30. The Hall–Kier alpha value is -3.11. The average Bonchev–Trinajstić information content (AvgIpc) is 3.09. The summed E-state index contributed by atoms with van der Waals surface area (Å²) >= 11 is 1.43. The molecule has 3 aromatic rings. The molecule has 24 heavy (non-hydrogen) atoms. The zero-order valence-corrected chi connectivity index (χ0v) is 13.5. The number of fused-ring (bicyclic) bond motifs is 1. The number of thiophene rings is 1. The molecule has 0 aliphatic rings. The fourth-order valence-electron chi connectivity index (χ4n) is 2.30. The molecule has 0 aliphatic carbocycles. The Labute approximate surface area is 142 Å². The highest BCUT2D eigenvalue weighted by molar-refractivity contribution is 7.14. The first-order valence-corrected chi connectivity index (χ1v) is 8.07. The number of terminal acetylenes is 1. The van der Waals surface area contributed by atoms with E-state index >= 15 is 0 Å². The number of anilines is 1. The standard InChI is InChI=1S/C17H14N4O2S/c1-2-9-21-16(22)13-7-4-3-6-12(13)14(20-21)11-18-17(23)19-15-8-5-10-24-15/h1,3-8,10H,9,11H2,(H2,18,19,23). The zero-order valence-electron chi connectivity index (χ0n) is 12.7. The number of rotatable bonds is 4. The van der Waals surface area contributed by atoms with E-state index in [0.717, 1.165) is 5.00 Å². The fraction of sp³-hybridized carbons (Fsp3) is 0.118. The van der Waals surface area contributed by atoms with Crippen LogP contribution in [0, 0.1) is 12.3 Å². The minimum absolute atomic E-state index is 0.0814. The molecule has 120 valence electrons. The van der Waals surface area contributed by atoms with E-state index in [0.29, 0.717) is 16.5 Å². The summed E-state index contributed by atoms with van der Waals surface area (Å²) in [7, 11) is 0. The van der Waals surface area contributed by atoms with Gasteiger partial charge in [-0.2, -0.15) is 5.10 Å². The first-order valence-electron chi connectivity index (χ1n) is 7.19. The van der Waals surface area contributed by atoms with Gasteiger partial charge in [0.1, 0.15) is 6.54 Å². The van der Waals surface area contributed by atoms with Crippen LogP contribution in [0.5, 0.6) is 0 Å². The molecule has 0 fully saturated rings. The van der Waals surface area contributed by atoms with Gasteiger partial charge in [0.2, 0.25) is 0 Å². The highest BCUT2D eigenvalue weighted by Gasteiger charge is 2.11. The van der Waals surface area contributed by atoms with Crippen molar-refractivity contribution in [3.63, 3.8) is 0 Å². The number of aromatic nitrogens is 2. The third-order valence-electron chi connectivity index (χ3n) is 3.36. The van der Waals surface area contributed by atoms with Crippen LogP contribution in [0.2, 0.25) is 0 Å². The van der Waals surface area contributed by atoms with Crippen molar-refractivity contribution in [2.75, 3.05) is 5.32 Å². The Morgan fingerprint density at radius 3 is 2.75 bits per heavy atom. The topological polar surface area (TPSA) is 76.0 Å². The molecule has 3 rings (SSSR count). The van der Waals surface area contributed by atoms with Crippen LogP contribution in [0.4, 0.5) is 9.80 Å². The highest BCUT2D eigenvalue weighted by atomic mass is 32.1. The monoisotopic (exact) mass is 338 g/mol. The summed E-state index contributed by atoms with van der Waals surface area (Å²) < 4.78 is 1.23. The van der Waals surface area contributed by atoms with E-state index in [1.54, 1.807) is 18.2 Å². The number of amides is 2. The Balaban J connectivity index is 1.86. The average molecular weight is 338 g/mol. The Morgan fingerprint density at radius 2 is 2.04 bits per heavy atom. The number of nitrogens with one attached hydrogen (secondary N) is 2. The van der Waals surface area contributed by atoms with Crippen molar-refractivity contribution in [2.24, 2.45) is 0 Å². The van der Waals surface area contributed by atoms with Gasteiger partial charge in [-0.05, 0) is 23.6 Å². The van der Waals surface area contributed by atoms with Gasteiger partial charge >= 0.3 is 6.03 Å². The van der Waals surface area contributed by atoms with Crippen LogP contribution in [0.25, 0.3) is 10.8 Å². The summed E-state index contributed by atoms with van der Waals surface area (Å²) in [6.45, 7) is 0.265. The molecular weight excluding hydrogens is 324 g/mol. The second-order valence-electron chi connectivity index (χ2n) is 4.94. The third kappa shape index (κ3) is 3.29. The van der Waals surface area contributed by atoms with E-state index in [9.17, 15) is 9.59 Å². The summed E-state index contributed by atoms with van der Waals surface area (Å²) in [5.41, 5.74) is 0.345. The van der Waals surface area contributed by atoms with Crippen LogP contribution in [0.3, 0.4) is 0 Å². The largest absolute Gasteiger partial charge is 0.332 e. The molecule has 2 N–H and O–H groups in total. The molecule has 2 heterocycles. The van der Waals surface area contributed by atoms with Gasteiger partial charge in [0.25, 0.3) is 5.56 Å². The summed E-state index contributed by atoms with van der Waals surface area (Å²) in [5.74, 6) is 2.41. The molecule has 7 heteroatoms. The van der Waals surface area contributed by atoms with Gasteiger partial charge in [0, 0.05) is 5.39 Å². The van der Waals surface area contributed by atoms with Crippen molar-refractivity contribution in [1.82, 2.24) is 15.1 Å². The number of hydrogen-bond acceptors (Lipinski definition) is 4. The maximum atomic E-state index is 12.3. The molecular formula is C17H14N4O2S. The maximum absolute atomic E-state index is 12.3. The number of carbonyl (C=O) groups is 1. The lowest BCUT2D eigenvalue weighted by molar-refractivity contribution is 0.251. The molecule has 6 nitrogen and oxygen atoms in total. The molecule has 0 saturated heterocycles. The van der Waals surface area contributed by atoms with Gasteiger partial charge in [0.05, 0.1) is 22.6 Å². The molecule has 0 unspecified atom stereocenters. The highest BCUT2D eigenvalue weighted by Crippen LogP contribution is 2.15. The number of nitrogens with zero attached hydrogens (tertiary/aromatic N) is 2. The number of benzene rings is 1. The van der Waals surface area contributed by atoms with Crippen molar-refractivity contribution in [1.29, 1.82) is 0 Å². The molecule has 0 spiro atoms.